The highest BCUT2D eigenvalue weighted by molar-refractivity contribution is 8.00. The van der Waals surface area contributed by atoms with Gasteiger partial charge >= 0.3 is 5.97 Å². The van der Waals surface area contributed by atoms with Crippen LogP contribution < -0.4 is 5.84 Å². The molecular formula is C10H10N4O2S2. The molecule has 1 saturated heterocycles. The summed E-state index contributed by atoms with van der Waals surface area (Å²) in [4.78, 5) is 12.3. The van der Waals surface area contributed by atoms with Crippen LogP contribution in [0.5, 0.6) is 0 Å². The molecule has 3 rings (SSSR count). The molecule has 3 heterocycles. The number of hydrogen-bond acceptors (Lipinski definition) is 7. The predicted octanol–water partition coefficient (Wildman–Crippen LogP) is 1.13. The van der Waals surface area contributed by atoms with Gasteiger partial charge in [0.25, 0.3) is 0 Å². The number of aromatic nitrogens is 3. The number of nitrogens with two attached hydrogens (primary N) is 1. The Bertz CT molecular complexity index is 566. The molecule has 0 amide bonds. The quantitative estimate of drug-likeness (QED) is 0.671. The molecule has 1 aliphatic rings. The molecule has 94 valence electrons. The summed E-state index contributed by atoms with van der Waals surface area (Å²) in [5.41, 5.74) is 0. The third kappa shape index (κ3) is 1.97. The lowest BCUT2D eigenvalue weighted by Crippen LogP contribution is -2.15. The van der Waals surface area contributed by atoms with Crippen molar-refractivity contribution in [1.29, 1.82) is 0 Å². The second-order valence-corrected chi connectivity index (χ2v) is 5.83. The van der Waals surface area contributed by atoms with Gasteiger partial charge in [0.2, 0.25) is 5.16 Å². The van der Waals surface area contributed by atoms with Crippen LogP contribution in [0.1, 0.15) is 6.42 Å². The maximum atomic E-state index is 11.4. The number of thioether (sulfide) groups is 1. The highest BCUT2D eigenvalue weighted by Gasteiger charge is 2.29. The van der Waals surface area contributed by atoms with E-state index in [1.807, 2.05) is 17.5 Å². The molecule has 0 bridgehead atoms. The molecular weight excluding hydrogens is 272 g/mol. The van der Waals surface area contributed by atoms with Crippen molar-refractivity contribution >= 4 is 29.1 Å². The summed E-state index contributed by atoms with van der Waals surface area (Å²) in [5.74, 6) is 6.35. The first kappa shape index (κ1) is 11.5. The molecule has 0 spiro atoms. The number of carbonyl (C=O) groups is 1. The molecule has 8 heteroatoms. The molecule has 1 aliphatic heterocycles. The monoisotopic (exact) mass is 282 g/mol. The van der Waals surface area contributed by atoms with Crippen LogP contribution in [0.25, 0.3) is 10.7 Å². The van der Waals surface area contributed by atoms with Gasteiger partial charge < -0.3 is 10.6 Å². The number of cyclic esters (lactones) is 1. The van der Waals surface area contributed by atoms with E-state index in [0.29, 0.717) is 24.0 Å². The zero-order valence-electron chi connectivity index (χ0n) is 9.28. The van der Waals surface area contributed by atoms with Gasteiger partial charge in [0.15, 0.2) is 5.82 Å². The molecule has 0 saturated carbocycles. The van der Waals surface area contributed by atoms with Gasteiger partial charge in [0, 0.05) is 6.42 Å². The van der Waals surface area contributed by atoms with Crippen LogP contribution in [-0.2, 0) is 9.53 Å². The van der Waals surface area contributed by atoms with E-state index < -0.39 is 0 Å². The van der Waals surface area contributed by atoms with Gasteiger partial charge in [-0.15, -0.1) is 21.5 Å². The van der Waals surface area contributed by atoms with E-state index in [1.165, 1.54) is 16.4 Å². The fraction of sp³-hybridized carbons (Fsp3) is 0.300. The van der Waals surface area contributed by atoms with Gasteiger partial charge in [-0.25, -0.2) is 4.68 Å². The minimum atomic E-state index is -0.229. The minimum Gasteiger partial charge on any atom is -0.465 e. The van der Waals surface area contributed by atoms with Crippen LogP contribution in [-0.4, -0.2) is 32.7 Å². The molecule has 2 aromatic rings. The molecule has 0 radical (unpaired) electrons. The fourth-order valence-electron chi connectivity index (χ4n) is 1.64. The highest BCUT2D eigenvalue weighted by Crippen LogP contribution is 2.30. The van der Waals surface area contributed by atoms with Gasteiger partial charge in [-0.3, -0.25) is 4.79 Å². The lowest BCUT2D eigenvalue weighted by Gasteiger charge is -2.04. The Balaban J connectivity index is 1.84. The van der Waals surface area contributed by atoms with Crippen molar-refractivity contribution in [1.82, 2.24) is 14.9 Å². The summed E-state index contributed by atoms with van der Waals surface area (Å²) in [6.45, 7) is 0.465. The number of rotatable bonds is 3. The molecule has 2 aromatic heterocycles. The lowest BCUT2D eigenvalue weighted by molar-refractivity contribution is -0.137. The minimum absolute atomic E-state index is 0.208. The lowest BCUT2D eigenvalue weighted by atomic mass is 10.4. The molecule has 0 aliphatic carbocycles. The van der Waals surface area contributed by atoms with Gasteiger partial charge in [-0.2, -0.15) is 0 Å². The van der Waals surface area contributed by atoms with Crippen LogP contribution in [0.4, 0.5) is 0 Å². The number of nitrogen functional groups attached to an aromatic ring is 1. The van der Waals surface area contributed by atoms with Crippen molar-refractivity contribution in [3.63, 3.8) is 0 Å². The zero-order valence-corrected chi connectivity index (χ0v) is 10.9. The number of carbonyl (C=O) groups excluding carboxylic acids is 1. The zero-order chi connectivity index (χ0) is 12.5. The van der Waals surface area contributed by atoms with Crippen molar-refractivity contribution < 1.29 is 9.53 Å². The van der Waals surface area contributed by atoms with E-state index in [9.17, 15) is 4.79 Å². The molecule has 1 fully saturated rings. The number of ether oxygens (including phenoxy) is 1. The summed E-state index contributed by atoms with van der Waals surface area (Å²) in [5, 5.41) is 10.3. The normalized spacial score (nSPS) is 19.1. The smallest absolute Gasteiger partial charge is 0.319 e. The van der Waals surface area contributed by atoms with Crippen LogP contribution in [0.3, 0.4) is 0 Å². The first-order chi connectivity index (χ1) is 8.75. The van der Waals surface area contributed by atoms with Crippen LogP contribution in [0, 0.1) is 0 Å². The van der Waals surface area contributed by atoms with E-state index in [1.54, 1.807) is 11.3 Å². The largest absolute Gasteiger partial charge is 0.465 e. The second-order valence-electron chi connectivity index (χ2n) is 3.72. The van der Waals surface area contributed by atoms with Gasteiger partial charge in [-0.1, -0.05) is 17.8 Å². The maximum absolute atomic E-state index is 11.4. The Labute approximate surface area is 111 Å². The number of hydrogen-bond donors (Lipinski definition) is 1. The molecule has 18 heavy (non-hydrogen) atoms. The van der Waals surface area contributed by atoms with Gasteiger partial charge in [-0.05, 0) is 11.4 Å². The SMILES string of the molecule is Nn1c(SC2CCOC2=O)nnc1-c1cccs1. The topological polar surface area (TPSA) is 83.0 Å². The number of thiophene rings is 1. The van der Waals surface area contributed by atoms with Crippen LogP contribution >= 0.6 is 23.1 Å². The van der Waals surface area contributed by atoms with Crippen molar-refractivity contribution in [2.75, 3.05) is 12.4 Å². The predicted molar refractivity (Wildman–Crippen MR) is 68.7 cm³/mol. The van der Waals surface area contributed by atoms with Crippen molar-refractivity contribution in [3.05, 3.63) is 17.5 Å². The van der Waals surface area contributed by atoms with Crippen LogP contribution in [0.2, 0.25) is 0 Å². The summed E-state index contributed by atoms with van der Waals surface area (Å²) < 4.78 is 6.32. The first-order valence-electron chi connectivity index (χ1n) is 5.33. The van der Waals surface area contributed by atoms with Crippen molar-refractivity contribution in [2.45, 2.75) is 16.8 Å². The van der Waals surface area contributed by atoms with Gasteiger partial charge in [0.1, 0.15) is 5.25 Å². The third-order valence-corrected chi connectivity index (χ3v) is 4.61. The molecule has 6 nitrogen and oxygen atoms in total. The van der Waals surface area contributed by atoms with E-state index in [4.69, 9.17) is 10.6 Å². The van der Waals surface area contributed by atoms with Crippen molar-refractivity contribution in [2.24, 2.45) is 0 Å². The maximum Gasteiger partial charge on any atom is 0.319 e. The molecule has 1 unspecified atom stereocenters. The van der Waals surface area contributed by atoms with Gasteiger partial charge in [0.05, 0.1) is 11.5 Å². The average molecular weight is 282 g/mol. The number of esters is 1. The Hall–Kier alpha value is -1.54. The van der Waals surface area contributed by atoms with E-state index in [2.05, 4.69) is 10.2 Å². The summed E-state index contributed by atoms with van der Waals surface area (Å²) in [6.07, 6.45) is 0.685. The first-order valence-corrected chi connectivity index (χ1v) is 7.09. The highest BCUT2D eigenvalue weighted by atomic mass is 32.2. The average Bonchev–Trinajstić information content (AvgIpc) is 3.05. The third-order valence-electron chi connectivity index (χ3n) is 2.54. The molecule has 1 atom stereocenters. The fourth-order valence-corrected chi connectivity index (χ4v) is 3.27. The van der Waals surface area contributed by atoms with Crippen LogP contribution in [0.15, 0.2) is 22.7 Å². The van der Waals surface area contributed by atoms with E-state index in [-0.39, 0.29) is 11.2 Å². The van der Waals surface area contributed by atoms with E-state index in [0.717, 1.165) is 4.88 Å². The number of nitrogens with zero attached hydrogens (tertiary/aromatic N) is 3. The van der Waals surface area contributed by atoms with Crippen molar-refractivity contribution in [3.8, 4) is 10.7 Å². The molecule has 0 aromatic carbocycles. The Kier molecular flexibility index (Phi) is 2.96. The molecule has 2 N–H and O–H groups in total. The van der Waals surface area contributed by atoms with E-state index >= 15 is 0 Å². The Morgan fingerprint density at radius 2 is 2.44 bits per heavy atom. The standard InChI is InChI=1S/C10H10N4O2S2/c11-14-8(6-2-1-5-17-6)12-13-10(14)18-7-3-4-16-9(7)15/h1-2,5,7H,3-4,11H2. The Morgan fingerprint density at radius 3 is 3.11 bits per heavy atom. The summed E-state index contributed by atoms with van der Waals surface area (Å²) >= 11 is 2.84. The summed E-state index contributed by atoms with van der Waals surface area (Å²) in [7, 11) is 0. The second kappa shape index (κ2) is 4.62. The summed E-state index contributed by atoms with van der Waals surface area (Å²) in [6, 6.07) is 3.85. The Morgan fingerprint density at radius 1 is 1.56 bits per heavy atom.